The lowest BCUT2D eigenvalue weighted by atomic mass is 10.1. The first kappa shape index (κ1) is 19.1. The van der Waals surface area contributed by atoms with Crippen LogP contribution in [-0.4, -0.2) is 19.4 Å². The summed E-state index contributed by atoms with van der Waals surface area (Å²) in [6.07, 6.45) is 0.998. The first-order valence-electron chi connectivity index (χ1n) is 6.23. The van der Waals surface area contributed by atoms with Crippen LogP contribution in [0.2, 0.25) is 0 Å². The molecular formula is C14H23F2NO. The van der Waals surface area contributed by atoms with Gasteiger partial charge >= 0.3 is 0 Å². The van der Waals surface area contributed by atoms with Crippen LogP contribution in [0.1, 0.15) is 33.3 Å². The minimum absolute atomic E-state index is 0.286. The number of carbonyl (C=O) groups is 1. The molecule has 0 radical (unpaired) electrons. The van der Waals surface area contributed by atoms with Crippen LogP contribution in [0.5, 0.6) is 0 Å². The second kappa shape index (κ2) is 12.2. The van der Waals surface area contributed by atoms with Gasteiger partial charge in [-0.2, -0.15) is 0 Å². The highest BCUT2D eigenvalue weighted by Gasteiger charge is 2.07. The van der Waals surface area contributed by atoms with Crippen molar-refractivity contribution in [1.29, 1.82) is 0 Å². The summed E-state index contributed by atoms with van der Waals surface area (Å²) in [6, 6.07) is 2.84. The monoisotopic (exact) mass is 259 g/mol. The van der Waals surface area contributed by atoms with Crippen molar-refractivity contribution < 1.29 is 13.6 Å². The fourth-order valence-corrected chi connectivity index (χ4v) is 1.20. The zero-order chi connectivity index (χ0) is 14.6. The summed E-state index contributed by atoms with van der Waals surface area (Å²) < 4.78 is 25.5. The quantitative estimate of drug-likeness (QED) is 0.840. The van der Waals surface area contributed by atoms with Gasteiger partial charge in [-0.15, -0.1) is 0 Å². The lowest BCUT2D eigenvalue weighted by Crippen LogP contribution is -2.28. The number of aldehydes is 1. The van der Waals surface area contributed by atoms with E-state index in [0.29, 0.717) is 11.8 Å². The summed E-state index contributed by atoms with van der Waals surface area (Å²) in [7, 11) is 1.62. The van der Waals surface area contributed by atoms with Gasteiger partial charge < -0.3 is 10.1 Å². The number of halogens is 2. The zero-order valence-electron chi connectivity index (χ0n) is 11.8. The summed E-state index contributed by atoms with van der Waals surface area (Å²) in [6.45, 7) is 8.00. The molecule has 104 valence electrons. The number of hydrogen-bond acceptors (Lipinski definition) is 2. The smallest absolute Gasteiger partial charge is 0.137 e. The molecule has 0 amide bonds. The number of nitrogens with one attached hydrogen (secondary N) is 1. The first-order chi connectivity index (χ1) is 8.65. The number of likely N-dealkylation sites (N-methyl/N-ethyl adjacent to an activating group) is 1. The Morgan fingerprint density at radius 3 is 1.89 bits per heavy atom. The number of rotatable bonds is 4. The molecular weight excluding hydrogens is 236 g/mol. The Kier molecular flexibility index (Phi) is 12.9. The first-order valence-corrected chi connectivity index (χ1v) is 6.23. The standard InChI is InChI=1S/C10H11F2NO.2C2H6/c1-13-10(6-14)4-7-2-8(11)5-9(12)3-7;2*1-2/h2-3,5-6,10,13H,4H2,1H3;2*1-2H3. The van der Waals surface area contributed by atoms with Crippen molar-refractivity contribution in [3.63, 3.8) is 0 Å². The van der Waals surface area contributed by atoms with Gasteiger partial charge in [0.05, 0.1) is 6.04 Å². The molecule has 0 aliphatic rings. The predicted molar refractivity (Wildman–Crippen MR) is 71.7 cm³/mol. The third-order valence-corrected chi connectivity index (χ3v) is 1.91. The van der Waals surface area contributed by atoms with E-state index in [9.17, 15) is 13.6 Å². The van der Waals surface area contributed by atoms with Gasteiger partial charge in [0.15, 0.2) is 0 Å². The molecule has 0 heterocycles. The van der Waals surface area contributed by atoms with Gasteiger partial charge in [-0.3, -0.25) is 0 Å². The Morgan fingerprint density at radius 2 is 1.56 bits per heavy atom. The SMILES string of the molecule is CC.CC.CNC(C=O)Cc1cc(F)cc(F)c1. The lowest BCUT2D eigenvalue weighted by Gasteiger charge is -2.08. The third kappa shape index (κ3) is 7.90. The molecule has 1 N–H and O–H groups in total. The number of benzene rings is 1. The molecule has 2 nitrogen and oxygen atoms in total. The van der Waals surface area contributed by atoms with Crippen LogP contribution in [0.15, 0.2) is 18.2 Å². The fourth-order valence-electron chi connectivity index (χ4n) is 1.20. The normalized spacial score (nSPS) is 10.4. The summed E-state index contributed by atoms with van der Waals surface area (Å²) in [4.78, 5) is 10.5. The van der Waals surface area contributed by atoms with E-state index < -0.39 is 17.7 Å². The molecule has 1 aromatic carbocycles. The maximum atomic E-state index is 12.7. The zero-order valence-corrected chi connectivity index (χ0v) is 11.8. The molecule has 18 heavy (non-hydrogen) atoms. The van der Waals surface area contributed by atoms with Crippen LogP contribution in [0.25, 0.3) is 0 Å². The van der Waals surface area contributed by atoms with Crippen molar-refractivity contribution in [2.75, 3.05) is 7.05 Å². The van der Waals surface area contributed by atoms with Crippen LogP contribution in [0.4, 0.5) is 8.78 Å². The van der Waals surface area contributed by atoms with E-state index in [2.05, 4.69) is 5.32 Å². The molecule has 1 rings (SSSR count). The molecule has 0 saturated carbocycles. The Morgan fingerprint density at radius 1 is 1.11 bits per heavy atom. The highest BCUT2D eigenvalue weighted by Crippen LogP contribution is 2.09. The van der Waals surface area contributed by atoms with Crippen molar-refractivity contribution in [2.45, 2.75) is 40.2 Å². The van der Waals surface area contributed by atoms with Crippen molar-refractivity contribution in [1.82, 2.24) is 5.32 Å². The maximum Gasteiger partial charge on any atom is 0.137 e. The van der Waals surface area contributed by atoms with Crippen LogP contribution >= 0.6 is 0 Å². The minimum atomic E-state index is -0.624. The maximum absolute atomic E-state index is 12.7. The van der Waals surface area contributed by atoms with Crippen molar-refractivity contribution in [3.05, 3.63) is 35.4 Å². The van der Waals surface area contributed by atoms with Gasteiger partial charge in [0, 0.05) is 6.07 Å². The average Bonchev–Trinajstić information content (AvgIpc) is 2.39. The molecule has 0 aromatic heterocycles. The predicted octanol–water partition coefficient (Wildman–Crippen LogP) is 3.35. The van der Waals surface area contributed by atoms with E-state index in [1.54, 1.807) is 7.05 Å². The Balaban J connectivity index is 0. The van der Waals surface area contributed by atoms with Gasteiger partial charge in [-0.25, -0.2) is 8.78 Å². The van der Waals surface area contributed by atoms with E-state index in [1.165, 1.54) is 12.1 Å². The molecule has 1 aromatic rings. The van der Waals surface area contributed by atoms with E-state index >= 15 is 0 Å². The molecule has 0 saturated heterocycles. The van der Waals surface area contributed by atoms with Crippen molar-refractivity contribution in [3.8, 4) is 0 Å². The highest BCUT2D eigenvalue weighted by atomic mass is 19.1. The summed E-state index contributed by atoms with van der Waals surface area (Å²) in [5.74, 6) is -1.25. The largest absolute Gasteiger partial charge is 0.311 e. The Labute approximate surface area is 108 Å². The second-order valence-electron chi connectivity index (χ2n) is 3.01. The molecule has 0 aliphatic carbocycles. The number of hydrogen-bond donors (Lipinski definition) is 1. The van der Waals surface area contributed by atoms with Gasteiger partial charge in [-0.05, 0) is 31.2 Å². The van der Waals surface area contributed by atoms with Gasteiger partial charge in [-0.1, -0.05) is 27.7 Å². The van der Waals surface area contributed by atoms with E-state index in [0.717, 1.165) is 6.07 Å². The molecule has 0 aliphatic heterocycles. The van der Waals surface area contributed by atoms with E-state index in [1.807, 2.05) is 27.7 Å². The Bertz CT molecular complexity index is 309. The van der Waals surface area contributed by atoms with Crippen molar-refractivity contribution >= 4 is 6.29 Å². The average molecular weight is 259 g/mol. The summed E-state index contributed by atoms with van der Waals surface area (Å²) >= 11 is 0. The third-order valence-electron chi connectivity index (χ3n) is 1.91. The molecule has 0 bridgehead atoms. The van der Waals surface area contributed by atoms with E-state index in [-0.39, 0.29) is 6.42 Å². The fraction of sp³-hybridized carbons (Fsp3) is 0.500. The van der Waals surface area contributed by atoms with Crippen LogP contribution < -0.4 is 5.32 Å². The van der Waals surface area contributed by atoms with Gasteiger partial charge in [0.25, 0.3) is 0 Å². The minimum Gasteiger partial charge on any atom is -0.311 e. The molecule has 4 heteroatoms. The summed E-state index contributed by atoms with van der Waals surface area (Å²) in [5, 5.41) is 2.73. The molecule has 1 unspecified atom stereocenters. The van der Waals surface area contributed by atoms with Gasteiger partial charge in [0.2, 0.25) is 0 Å². The molecule has 0 fully saturated rings. The highest BCUT2D eigenvalue weighted by molar-refractivity contribution is 5.58. The second-order valence-corrected chi connectivity index (χ2v) is 3.01. The molecule has 1 atom stereocenters. The Hall–Kier alpha value is -1.29. The van der Waals surface area contributed by atoms with Crippen molar-refractivity contribution in [2.24, 2.45) is 0 Å². The molecule has 0 spiro atoms. The van der Waals surface area contributed by atoms with Gasteiger partial charge in [0.1, 0.15) is 17.9 Å². The number of carbonyl (C=O) groups excluding carboxylic acids is 1. The van der Waals surface area contributed by atoms with E-state index in [4.69, 9.17) is 0 Å². The topological polar surface area (TPSA) is 29.1 Å². The summed E-state index contributed by atoms with van der Waals surface area (Å²) in [5.41, 5.74) is 0.467. The van der Waals surface area contributed by atoms with Crippen LogP contribution in [0.3, 0.4) is 0 Å². The lowest BCUT2D eigenvalue weighted by molar-refractivity contribution is -0.109. The van der Waals surface area contributed by atoms with Crippen LogP contribution in [0, 0.1) is 11.6 Å². The van der Waals surface area contributed by atoms with Crippen LogP contribution in [-0.2, 0) is 11.2 Å².